The van der Waals surface area contributed by atoms with Gasteiger partial charge in [0.2, 0.25) is 0 Å². The monoisotopic (exact) mass is 338 g/mol. The highest BCUT2D eigenvalue weighted by atomic mass is 16.5. The van der Waals surface area contributed by atoms with Crippen molar-refractivity contribution >= 4 is 17.5 Å². The van der Waals surface area contributed by atoms with Gasteiger partial charge in [-0.25, -0.2) is 4.79 Å². The maximum absolute atomic E-state index is 12.9. The normalized spacial score (nSPS) is 13.4. The lowest BCUT2D eigenvalue weighted by Crippen LogP contribution is -2.23. The van der Waals surface area contributed by atoms with E-state index in [2.05, 4.69) is 0 Å². The van der Waals surface area contributed by atoms with Crippen molar-refractivity contribution < 1.29 is 24.2 Å². The number of carboxylic acids is 1. The highest BCUT2D eigenvalue weighted by molar-refractivity contribution is 6.17. The van der Waals surface area contributed by atoms with Crippen molar-refractivity contribution in [3.05, 3.63) is 69.8 Å². The fourth-order valence-electron chi connectivity index (χ4n) is 3.13. The van der Waals surface area contributed by atoms with E-state index in [0.29, 0.717) is 17.7 Å². The highest BCUT2D eigenvalue weighted by Crippen LogP contribution is 2.27. The molecule has 0 saturated heterocycles. The number of benzene rings is 2. The number of hydrogen-bond donors (Lipinski definition) is 1. The Labute approximate surface area is 145 Å². The third kappa shape index (κ3) is 3.23. The van der Waals surface area contributed by atoms with Crippen molar-refractivity contribution in [2.75, 3.05) is 6.61 Å². The number of ketones is 2. The van der Waals surface area contributed by atoms with Gasteiger partial charge in [-0.2, -0.15) is 0 Å². The number of carbonyl (C=O) groups is 3. The number of fused-ring (bicyclic) bond motifs is 1. The quantitative estimate of drug-likeness (QED) is 0.846. The van der Waals surface area contributed by atoms with Crippen LogP contribution in [0, 0.1) is 0 Å². The van der Waals surface area contributed by atoms with Crippen LogP contribution >= 0.6 is 0 Å². The lowest BCUT2D eigenvalue weighted by molar-refractivity contribution is 0.0658. The summed E-state index contributed by atoms with van der Waals surface area (Å²) in [6, 6.07) is 9.38. The Balaban J connectivity index is 2.11. The zero-order valence-corrected chi connectivity index (χ0v) is 13.9. The van der Waals surface area contributed by atoms with Gasteiger partial charge in [-0.15, -0.1) is 0 Å². The molecule has 0 saturated carbocycles. The summed E-state index contributed by atoms with van der Waals surface area (Å²) in [5, 5.41) is 9.11. The number of rotatable bonds is 5. The van der Waals surface area contributed by atoms with E-state index < -0.39 is 5.97 Å². The number of aromatic carboxylic acids is 1. The zero-order valence-electron chi connectivity index (χ0n) is 13.9. The SMILES string of the molecule is CCCc1ccc(C(=O)c2cccc(C(=O)O)c2)c2c1COCC2=O. The molecule has 0 atom stereocenters. The van der Waals surface area contributed by atoms with E-state index in [1.54, 1.807) is 12.1 Å². The second-order valence-corrected chi connectivity index (χ2v) is 6.01. The first-order valence-corrected chi connectivity index (χ1v) is 8.16. The average molecular weight is 338 g/mol. The third-order valence-corrected chi connectivity index (χ3v) is 4.30. The van der Waals surface area contributed by atoms with Crippen LogP contribution in [0.1, 0.15) is 61.1 Å². The largest absolute Gasteiger partial charge is 0.478 e. The molecule has 1 heterocycles. The summed E-state index contributed by atoms with van der Waals surface area (Å²) < 4.78 is 5.35. The molecule has 2 aromatic rings. The van der Waals surface area contributed by atoms with Gasteiger partial charge in [-0.05, 0) is 29.7 Å². The standard InChI is InChI=1S/C20H18O5/c1-2-4-12-7-8-15(18-16(12)10-25-11-17(18)21)19(22)13-5-3-6-14(9-13)20(23)24/h3,5-9H,2,4,10-11H2,1H3,(H,23,24). The number of aryl methyl sites for hydroxylation is 1. The Morgan fingerprint density at radius 3 is 2.60 bits per heavy atom. The molecule has 128 valence electrons. The van der Waals surface area contributed by atoms with Crippen LogP contribution < -0.4 is 0 Å². The van der Waals surface area contributed by atoms with Gasteiger partial charge in [0.1, 0.15) is 6.61 Å². The van der Waals surface area contributed by atoms with E-state index >= 15 is 0 Å². The molecule has 2 aromatic carbocycles. The van der Waals surface area contributed by atoms with Gasteiger partial charge >= 0.3 is 5.97 Å². The van der Waals surface area contributed by atoms with E-state index in [0.717, 1.165) is 24.0 Å². The summed E-state index contributed by atoms with van der Waals surface area (Å²) >= 11 is 0. The molecule has 5 heteroatoms. The van der Waals surface area contributed by atoms with Crippen molar-refractivity contribution in [1.29, 1.82) is 0 Å². The average Bonchev–Trinajstić information content (AvgIpc) is 2.62. The number of ether oxygens (including phenoxy) is 1. The van der Waals surface area contributed by atoms with E-state index in [9.17, 15) is 14.4 Å². The number of carbonyl (C=O) groups excluding carboxylic acids is 2. The van der Waals surface area contributed by atoms with E-state index in [1.165, 1.54) is 18.2 Å². The molecular weight excluding hydrogens is 320 g/mol. The van der Waals surface area contributed by atoms with Crippen molar-refractivity contribution in [3.8, 4) is 0 Å². The van der Waals surface area contributed by atoms with Crippen LogP contribution in [-0.4, -0.2) is 29.2 Å². The van der Waals surface area contributed by atoms with Gasteiger partial charge in [0, 0.05) is 16.7 Å². The van der Waals surface area contributed by atoms with Crippen molar-refractivity contribution in [3.63, 3.8) is 0 Å². The molecule has 1 aliphatic rings. The second kappa shape index (κ2) is 6.99. The maximum Gasteiger partial charge on any atom is 0.335 e. The lowest BCUT2D eigenvalue weighted by Gasteiger charge is -2.21. The minimum Gasteiger partial charge on any atom is -0.478 e. The summed E-state index contributed by atoms with van der Waals surface area (Å²) in [6.07, 6.45) is 1.73. The Morgan fingerprint density at radius 2 is 1.88 bits per heavy atom. The summed E-state index contributed by atoms with van der Waals surface area (Å²) in [4.78, 5) is 36.5. The molecule has 3 rings (SSSR count). The zero-order chi connectivity index (χ0) is 18.0. The number of hydrogen-bond acceptors (Lipinski definition) is 4. The Kier molecular flexibility index (Phi) is 4.76. The van der Waals surface area contributed by atoms with Crippen LogP contribution in [0.15, 0.2) is 36.4 Å². The molecule has 0 fully saturated rings. The molecule has 0 unspecified atom stereocenters. The minimum absolute atomic E-state index is 0.0389. The van der Waals surface area contributed by atoms with Crippen LogP contribution in [0.25, 0.3) is 0 Å². The third-order valence-electron chi connectivity index (χ3n) is 4.30. The summed E-state index contributed by atoms with van der Waals surface area (Å²) in [6.45, 7) is 2.32. The van der Waals surface area contributed by atoms with E-state index in [4.69, 9.17) is 9.84 Å². The molecule has 0 spiro atoms. The lowest BCUT2D eigenvalue weighted by atomic mass is 9.87. The Morgan fingerprint density at radius 1 is 1.12 bits per heavy atom. The van der Waals surface area contributed by atoms with Gasteiger partial charge in [0.05, 0.1) is 12.2 Å². The number of Topliss-reactive ketones (excluding diaryl/α,β-unsaturated/α-hetero) is 1. The van der Waals surface area contributed by atoms with Gasteiger partial charge in [-0.3, -0.25) is 9.59 Å². The molecule has 1 N–H and O–H groups in total. The Bertz CT molecular complexity index is 866. The van der Waals surface area contributed by atoms with Crippen LogP contribution in [0.4, 0.5) is 0 Å². The summed E-state index contributed by atoms with van der Waals surface area (Å²) in [5.74, 6) is -1.66. The van der Waals surface area contributed by atoms with Crippen LogP contribution in [-0.2, 0) is 17.8 Å². The smallest absolute Gasteiger partial charge is 0.335 e. The van der Waals surface area contributed by atoms with Crippen LogP contribution in [0.5, 0.6) is 0 Å². The fraction of sp³-hybridized carbons (Fsp3) is 0.250. The molecule has 0 aliphatic carbocycles. The molecule has 25 heavy (non-hydrogen) atoms. The Hall–Kier alpha value is -2.79. The maximum atomic E-state index is 12.9. The minimum atomic E-state index is -1.10. The predicted molar refractivity (Wildman–Crippen MR) is 91.3 cm³/mol. The van der Waals surface area contributed by atoms with Gasteiger partial charge in [0.15, 0.2) is 11.6 Å². The molecular formula is C20H18O5. The molecule has 1 aliphatic heterocycles. The van der Waals surface area contributed by atoms with Crippen LogP contribution in [0.3, 0.4) is 0 Å². The molecule has 5 nitrogen and oxygen atoms in total. The van der Waals surface area contributed by atoms with Crippen molar-refractivity contribution in [2.45, 2.75) is 26.4 Å². The summed E-state index contributed by atoms with van der Waals surface area (Å²) in [5.41, 5.74) is 2.81. The molecule has 0 radical (unpaired) electrons. The van der Waals surface area contributed by atoms with Crippen molar-refractivity contribution in [1.82, 2.24) is 0 Å². The van der Waals surface area contributed by atoms with Crippen molar-refractivity contribution in [2.24, 2.45) is 0 Å². The van der Waals surface area contributed by atoms with Crippen LogP contribution in [0.2, 0.25) is 0 Å². The molecule has 0 amide bonds. The summed E-state index contributed by atoms with van der Waals surface area (Å²) in [7, 11) is 0. The first-order valence-electron chi connectivity index (χ1n) is 8.16. The van der Waals surface area contributed by atoms with Gasteiger partial charge < -0.3 is 9.84 Å². The first kappa shape index (κ1) is 17.0. The van der Waals surface area contributed by atoms with E-state index in [-0.39, 0.29) is 29.3 Å². The second-order valence-electron chi connectivity index (χ2n) is 6.01. The van der Waals surface area contributed by atoms with E-state index in [1.807, 2.05) is 13.0 Å². The topological polar surface area (TPSA) is 80.7 Å². The van der Waals surface area contributed by atoms with Gasteiger partial charge in [0.25, 0.3) is 0 Å². The predicted octanol–water partition coefficient (Wildman–Crippen LogP) is 3.28. The molecule has 0 bridgehead atoms. The first-order chi connectivity index (χ1) is 12.0. The number of carboxylic acid groups (broad SMARTS) is 1. The fourth-order valence-corrected chi connectivity index (χ4v) is 3.13. The van der Waals surface area contributed by atoms with Gasteiger partial charge in [-0.1, -0.05) is 37.6 Å². The highest BCUT2D eigenvalue weighted by Gasteiger charge is 2.27. The molecule has 0 aromatic heterocycles.